The maximum atomic E-state index is 6.03. The maximum absolute atomic E-state index is 6.03. The molecule has 1 N–H and O–H groups in total. The Morgan fingerprint density at radius 3 is 2.55 bits per heavy atom. The summed E-state index contributed by atoms with van der Waals surface area (Å²) in [5.41, 5.74) is 0.791. The van der Waals surface area contributed by atoms with E-state index in [1.165, 1.54) is 12.8 Å². The summed E-state index contributed by atoms with van der Waals surface area (Å²) in [5, 5.41) is 4.75. The molecule has 3 rings (SSSR count). The van der Waals surface area contributed by atoms with E-state index in [1.54, 1.807) is 12.4 Å². The lowest BCUT2D eigenvalue weighted by atomic mass is 9.91. The molecule has 22 heavy (non-hydrogen) atoms. The molecule has 1 saturated carbocycles. The van der Waals surface area contributed by atoms with Gasteiger partial charge in [0.1, 0.15) is 5.15 Å². The second-order valence-electron chi connectivity index (χ2n) is 5.97. The summed E-state index contributed by atoms with van der Waals surface area (Å²) in [6.07, 6.45) is 8.17. The van der Waals surface area contributed by atoms with Crippen LogP contribution in [0.4, 0.5) is 5.95 Å². The van der Waals surface area contributed by atoms with Crippen LogP contribution in [-0.2, 0) is 0 Å². The van der Waals surface area contributed by atoms with Gasteiger partial charge in [-0.2, -0.15) is 0 Å². The third-order valence-corrected chi connectivity index (χ3v) is 5.55. The lowest BCUT2D eigenvalue weighted by molar-refractivity contribution is 0.221. The molecular weight excluding hydrogens is 366 g/mol. The van der Waals surface area contributed by atoms with Gasteiger partial charge in [0.05, 0.1) is 9.99 Å². The molecule has 0 radical (unpaired) electrons. The molecule has 1 fully saturated rings. The predicted octanol–water partition coefficient (Wildman–Crippen LogP) is 3.73. The Morgan fingerprint density at radius 2 is 1.86 bits per heavy atom. The molecule has 118 valence electrons. The van der Waals surface area contributed by atoms with E-state index in [-0.39, 0.29) is 0 Å². The van der Waals surface area contributed by atoms with E-state index in [0.29, 0.717) is 27.7 Å². The van der Waals surface area contributed by atoms with Crippen molar-refractivity contribution in [1.82, 2.24) is 19.9 Å². The Hall–Kier alpha value is -0.980. The standard InChI is InChI=1S/C15H19BrClN5/c1-22(2)11-5-3-10(4-6-11)20-15-19-8-9-7-18-14(17)12(16)13(9)21-15/h7-8,10-11H,3-6H2,1-2H3,(H,19,20,21). The highest BCUT2D eigenvalue weighted by Gasteiger charge is 2.22. The van der Waals surface area contributed by atoms with Gasteiger partial charge in [0.15, 0.2) is 0 Å². The normalized spacial score (nSPS) is 22.2. The Labute approximate surface area is 143 Å². The molecule has 1 aliphatic rings. The van der Waals surface area contributed by atoms with Gasteiger partial charge in [-0.1, -0.05) is 11.6 Å². The second kappa shape index (κ2) is 6.64. The summed E-state index contributed by atoms with van der Waals surface area (Å²) in [4.78, 5) is 15.4. The van der Waals surface area contributed by atoms with Crippen LogP contribution in [-0.4, -0.2) is 46.0 Å². The summed E-state index contributed by atoms with van der Waals surface area (Å²) < 4.78 is 0.716. The number of rotatable bonds is 3. The highest BCUT2D eigenvalue weighted by molar-refractivity contribution is 9.10. The average molecular weight is 385 g/mol. The Bertz CT molecular complexity index is 670. The van der Waals surface area contributed by atoms with Gasteiger partial charge in [-0.25, -0.2) is 15.0 Å². The van der Waals surface area contributed by atoms with Gasteiger partial charge < -0.3 is 10.2 Å². The van der Waals surface area contributed by atoms with Gasteiger partial charge in [-0.3, -0.25) is 0 Å². The van der Waals surface area contributed by atoms with Crippen molar-refractivity contribution >= 4 is 44.4 Å². The highest BCUT2D eigenvalue weighted by atomic mass is 79.9. The first-order valence-corrected chi connectivity index (χ1v) is 8.61. The molecule has 5 nitrogen and oxygen atoms in total. The monoisotopic (exact) mass is 383 g/mol. The van der Waals surface area contributed by atoms with Crippen LogP contribution < -0.4 is 5.32 Å². The molecule has 2 heterocycles. The Morgan fingerprint density at radius 1 is 1.18 bits per heavy atom. The third kappa shape index (κ3) is 3.34. The summed E-state index contributed by atoms with van der Waals surface area (Å²) in [6, 6.07) is 1.12. The molecule has 0 bridgehead atoms. The SMILES string of the molecule is CN(C)C1CCC(Nc2ncc3cnc(Cl)c(Br)c3n2)CC1. The van der Waals surface area contributed by atoms with Crippen molar-refractivity contribution in [3.05, 3.63) is 22.0 Å². The van der Waals surface area contributed by atoms with E-state index in [1.807, 2.05) is 0 Å². The van der Waals surface area contributed by atoms with E-state index >= 15 is 0 Å². The molecule has 0 unspecified atom stereocenters. The fraction of sp³-hybridized carbons (Fsp3) is 0.533. The van der Waals surface area contributed by atoms with Crippen molar-refractivity contribution in [2.45, 2.75) is 37.8 Å². The van der Waals surface area contributed by atoms with Gasteiger partial charge in [-0.05, 0) is 55.7 Å². The Kier molecular flexibility index (Phi) is 4.80. The summed E-state index contributed by atoms with van der Waals surface area (Å²) in [5.74, 6) is 0.656. The van der Waals surface area contributed by atoms with Crippen LogP contribution in [0.25, 0.3) is 10.9 Å². The van der Waals surface area contributed by atoms with Crippen molar-refractivity contribution in [2.24, 2.45) is 0 Å². The lowest BCUT2D eigenvalue weighted by Gasteiger charge is -2.32. The van der Waals surface area contributed by atoms with Crippen LogP contribution in [0.3, 0.4) is 0 Å². The summed E-state index contributed by atoms with van der Waals surface area (Å²) in [7, 11) is 4.31. The van der Waals surface area contributed by atoms with Crippen molar-refractivity contribution < 1.29 is 0 Å². The molecule has 2 aromatic rings. The number of hydrogen-bond donors (Lipinski definition) is 1. The molecule has 0 atom stereocenters. The topological polar surface area (TPSA) is 53.9 Å². The van der Waals surface area contributed by atoms with Gasteiger partial charge >= 0.3 is 0 Å². The number of fused-ring (bicyclic) bond motifs is 1. The number of aromatic nitrogens is 3. The highest BCUT2D eigenvalue weighted by Crippen LogP contribution is 2.29. The van der Waals surface area contributed by atoms with Crippen LogP contribution in [0.1, 0.15) is 25.7 Å². The van der Waals surface area contributed by atoms with E-state index in [4.69, 9.17) is 11.6 Å². The minimum absolute atomic E-state index is 0.420. The van der Waals surface area contributed by atoms with Crippen molar-refractivity contribution in [3.63, 3.8) is 0 Å². The van der Waals surface area contributed by atoms with Crippen LogP contribution in [0.15, 0.2) is 16.9 Å². The zero-order valence-corrected chi connectivity index (χ0v) is 15.0. The fourth-order valence-corrected chi connectivity index (χ4v) is 3.49. The summed E-state index contributed by atoms with van der Waals surface area (Å²) >= 11 is 9.48. The van der Waals surface area contributed by atoms with Crippen LogP contribution >= 0.6 is 27.5 Å². The molecule has 0 saturated heterocycles. The second-order valence-corrected chi connectivity index (χ2v) is 7.12. The van der Waals surface area contributed by atoms with E-state index in [0.717, 1.165) is 23.7 Å². The largest absolute Gasteiger partial charge is 0.351 e. The molecule has 1 aliphatic carbocycles. The molecule has 0 aliphatic heterocycles. The molecule has 0 amide bonds. The maximum Gasteiger partial charge on any atom is 0.223 e. The number of anilines is 1. The average Bonchev–Trinajstić information content (AvgIpc) is 2.52. The molecule has 2 aromatic heterocycles. The number of hydrogen-bond acceptors (Lipinski definition) is 5. The molecule has 7 heteroatoms. The lowest BCUT2D eigenvalue weighted by Crippen LogP contribution is -2.36. The van der Waals surface area contributed by atoms with Crippen molar-refractivity contribution in [1.29, 1.82) is 0 Å². The van der Waals surface area contributed by atoms with E-state index in [2.05, 4.69) is 55.2 Å². The van der Waals surface area contributed by atoms with Gasteiger partial charge in [-0.15, -0.1) is 0 Å². The minimum Gasteiger partial charge on any atom is -0.351 e. The van der Waals surface area contributed by atoms with Gasteiger partial charge in [0.25, 0.3) is 0 Å². The first kappa shape index (κ1) is 15.9. The third-order valence-electron chi connectivity index (χ3n) is 4.28. The number of halogens is 2. The smallest absolute Gasteiger partial charge is 0.223 e. The predicted molar refractivity (Wildman–Crippen MR) is 93.4 cm³/mol. The first-order chi connectivity index (χ1) is 10.5. The van der Waals surface area contributed by atoms with Crippen LogP contribution in [0.5, 0.6) is 0 Å². The van der Waals surface area contributed by atoms with Gasteiger partial charge in [0.2, 0.25) is 5.95 Å². The zero-order valence-electron chi connectivity index (χ0n) is 12.7. The number of nitrogens with zero attached hydrogens (tertiary/aromatic N) is 4. The summed E-state index contributed by atoms with van der Waals surface area (Å²) in [6.45, 7) is 0. The zero-order chi connectivity index (χ0) is 15.7. The van der Waals surface area contributed by atoms with Crippen LogP contribution in [0.2, 0.25) is 5.15 Å². The van der Waals surface area contributed by atoms with E-state index < -0.39 is 0 Å². The minimum atomic E-state index is 0.420. The number of pyridine rings is 1. The number of nitrogens with one attached hydrogen (secondary N) is 1. The fourth-order valence-electron chi connectivity index (χ4n) is 2.93. The quantitative estimate of drug-likeness (QED) is 0.817. The Balaban J connectivity index is 1.73. The van der Waals surface area contributed by atoms with E-state index in [9.17, 15) is 0 Å². The molecule has 0 spiro atoms. The molecule has 0 aromatic carbocycles. The van der Waals surface area contributed by atoms with Crippen LogP contribution in [0, 0.1) is 0 Å². The van der Waals surface area contributed by atoms with Gasteiger partial charge in [0, 0.05) is 29.9 Å². The first-order valence-electron chi connectivity index (χ1n) is 7.44. The molecular formula is C15H19BrClN5. The van der Waals surface area contributed by atoms with Crippen molar-refractivity contribution in [3.8, 4) is 0 Å². The van der Waals surface area contributed by atoms with Crippen molar-refractivity contribution in [2.75, 3.05) is 19.4 Å².